The van der Waals surface area contributed by atoms with Gasteiger partial charge in [0.05, 0.1) is 31.7 Å². The molecule has 0 saturated heterocycles. The number of imidazole rings is 1. The van der Waals surface area contributed by atoms with Gasteiger partial charge in [0.25, 0.3) is 0 Å². The molecule has 1 fully saturated rings. The SMILES string of the molecule is CCOc1ccc(/C=C/C(=O)N[C@@H]2CC(Cn3ccnc3)C[C@H]2O)cc1OCC. The van der Waals surface area contributed by atoms with Gasteiger partial charge < -0.3 is 24.5 Å². The van der Waals surface area contributed by atoms with E-state index in [1.807, 2.05) is 42.8 Å². The molecule has 2 N–H and O–H groups in total. The number of carbonyl (C=O) groups excluding carboxylic acids is 1. The molecule has 156 valence electrons. The van der Waals surface area contributed by atoms with Gasteiger partial charge in [-0.1, -0.05) is 6.07 Å². The smallest absolute Gasteiger partial charge is 0.244 e. The maximum Gasteiger partial charge on any atom is 0.244 e. The molecule has 1 aliphatic rings. The van der Waals surface area contributed by atoms with Gasteiger partial charge in [-0.2, -0.15) is 0 Å². The zero-order chi connectivity index (χ0) is 20.6. The molecule has 7 nitrogen and oxygen atoms in total. The number of amides is 1. The molecule has 0 aliphatic heterocycles. The largest absolute Gasteiger partial charge is 0.490 e. The summed E-state index contributed by atoms with van der Waals surface area (Å²) in [5.74, 6) is 1.44. The third-order valence-corrected chi connectivity index (χ3v) is 4.98. The molecule has 1 aromatic carbocycles. The molecule has 1 unspecified atom stereocenters. The van der Waals surface area contributed by atoms with E-state index < -0.39 is 6.10 Å². The maximum absolute atomic E-state index is 12.3. The Hall–Kier alpha value is -2.80. The standard InChI is InChI=1S/C22H29N3O4/c1-3-28-20-7-5-16(13-21(20)29-4-2)6-8-22(27)24-18-11-17(12-19(18)26)14-25-10-9-23-15-25/h5-10,13,15,17-19,26H,3-4,11-12,14H2,1-2H3,(H,24,27)/b8-6+/t17?,18-,19-/m1/s1. The minimum atomic E-state index is -0.532. The average molecular weight is 399 g/mol. The van der Waals surface area contributed by atoms with Crippen LogP contribution in [-0.2, 0) is 11.3 Å². The second-order valence-electron chi connectivity index (χ2n) is 7.18. The number of hydrogen-bond acceptors (Lipinski definition) is 5. The van der Waals surface area contributed by atoms with Gasteiger partial charge >= 0.3 is 0 Å². The van der Waals surface area contributed by atoms with Crippen molar-refractivity contribution in [1.29, 1.82) is 0 Å². The van der Waals surface area contributed by atoms with Gasteiger partial charge in [0.15, 0.2) is 11.5 Å². The van der Waals surface area contributed by atoms with Crippen molar-refractivity contribution in [3.63, 3.8) is 0 Å². The lowest BCUT2D eigenvalue weighted by Crippen LogP contribution is -2.39. The van der Waals surface area contributed by atoms with Crippen LogP contribution in [-0.4, -0.2) is 45.9 Å². The van der Waals surface area contributed by atoms with Gasteiger partial charge in [-0.05, 0) is 56.4 Å². The molecule has 2 aromatic rings. The molecule has 7 heteroatoms. The number of carbonyl (C=O) groups is 1. The first-order chi connectivity index (χ1) is 14.1. The summed E-state index contributed by atoms with van der Waals surface area (Å²) in [7, 11) is 0. The number of aliphatic hydroxyl groups is 1. The summed E-state index contributed by atoms with van der Waals surface area (Å²) in [5.41, 5.74) is 0.844. The Balaban J connectivity index is 1.56. The minimum absolute atomic E-state index is 0.218. The number of benzene rings is 1. The molecule has 0 bridgehead atoms. The molecule has 1 aliphatic carbocycles. The number of rotatable bonds is 9. The molecule has 0 spiro atoms. The molecule has 1 heterocycles. The van der Waals surface area contributed by atoms with Gasteiger partial charge in [-0.15, -0.1) is 0 Å². The number of nitrogens with one attached hydrogen (secondary N) is 1. The fourth-order valence-electron chi connectivity index (χ4n) is 3.69. The van der Waals surface area contributed by atoms with Crippen LogP contribution in [0.15, 0.2) is 43.0 Å². The summed E-state index contributed by atoms with van der Waals surface area (Å²) in [5, 5.41) is 13.2. The fourth-order valence-corrected chi connectivity index (χ4v) is 3.69. The lowest BCUT2D eigenvalue weighted by Gasteiger charge is -2.15. The van der Waals surface area contributed by atoms with E-state index in [0.29, 0.717) is 37.1 Å². The maximum atomic E-state index is 12.3. The highest BCUT2D eigenvalue weighted by Crippen LogP contribution is 2.29. The van der Waals surface area contributed by atoms with E-state index in [2.05, 4.69) is 10.3 Å². The molecular weight excluding hydrogens is 370 g/mol. The highest BCUT2D eigenvalue weighted by molar-refractivity contribution is 5.92. The zero-order valence-corrected chi connectivity index (χ0v) is 17.0. The third-order valence-electron chi connectivity index (χ3n) is 4.98. The van der Waals surface area contributed by atoms with E-state index >= 15 is 0 Å². The Morgan fingerprint density at radius 3 is 2.79 bits per heavy atom. The second kappa shape index (κ2) is 10.1. The van der Waals surface area contributed by atoms with E-state index in [9.17, 15) is 9.90 Å². The van der Waals surface area contributed by atoms with Crippen molar-refractivity contribution in [2.45, 2.75) is 45.4 Å². The molecule has 3 rings (SSSR count). The Labute approximate surface area is 171 Å². The third kappa shape index (κ3) is 5.84. The Morgan fingerprint density at radius 1 is 1.28 bits per heavy atom. The van der Waals surface area contributed by atoms with Crippen molar-refractivity contribution >= 4 is 12.0 Å². The van der Waals surface area contributed by atoms with Crippen LogP contribution < -0.4 is 14.8 Å². The van der Waals surface area contributed by atoms with Crippen molar-refractivity contribution in [2.24, 2.45) is 5.92 Å². The van der Waals surface area contributed by atoms with Crippen LogP contribution in [0.4, 0.5) is 0 Å². The number of hydrogen-bond donors (Lipinski definition) is 2. The number of aromatic nitrogens is 2. The van der Waals surface area contributed by atoms with Gasteiger partial charge in [0, 0.05) is 25.0 Å². The summed E-state index contributed by atoms with van der Waals surface area (Å²) < 4.78 is 13.2. The molecule has 3 atom stereocenters. The topological polar surface area (TPSA) is 85.6 Å². The van der Waals surface area contributed by atoms with E-state index in [4.69, 9.17) is 9.47 Å². The van der Waals surface area contributed by atoms with Gasteiger partial charge in [-0.3, -0.25) is 4.79 Å². The van der Waals surface area contributed by atoms with Crippen molar-refractivity contribution in [3.05, 3.63) is 48.6 Å². The predicted octanol–water partition coefficient (Wildman–Crippen LogP) is 2.65. The average Bonchev–Trinajstić information content (AvgIpc) is 3.32. The number of nitrogens with zero attached hydrogens (tertiary/aromatic N) is 2. The molecule has 0 radical (unpaired) electrons. The summed E-state index contributed by atoms with van der Waals surface area (Å²) in [6.07, 6.45) is 9.53. The lowest BCUT2D eigenvalue weighted by molar-refractivity contribution is -0.117. The predicted molar refractivity (Wildman–Crippen MR) is 111 cm³/mol. The van der Waals surface area contributed by atoms with Gasteiger partial charge in [0.1, 0.15) is 0 Å². The second-order valence-corrected chi connectivity index (χ2v) is 7.18. The van der Waals surface area contributed by atoms with Crippen LogP contribution in [0, 0.1) is 5.92 Å². The van der Waals surface area contributed by atoms with Crippen molar-refractivity contribution in [2.75, 3.05) is 13.2 Å². The summed E-state index contributed by atoms with van der Waals surface area (Å²) in [4.78, 5) is 16.4. The van der Waals surface area contributed by atoms with E-state index in [1.165, 1.54) is 6.08 Å². The van der Waals surface area contributed by atoms with Crippen LogP contribution in [0.1, 0.15) is 32.3 Å². The van der Waals surface area contributed by atoms with E-state index in [-0.39, 0.29) is 11.9 Å². The van der Waals surface area contributed by atoms with Crippen LogP contribution >= 0.6 is 0 Å². The number of ether oxygens (including phenoxy) is 2. The highest BCUT2D eigenvalue weighted by Gasteiger charge is 2.33. The first-order valence-electron chi connectivity index (χ1n) is 10.1. The van der Waals surface area contributed by atoms with Crippen molar-refractivity contribution in [1.82, 2.24) is 14.9 Å². The summed E-state index contributed by atoms with van der Waals surface area (Å²) >= 11 is 0. The van der Waals surface area contributed by atoms with Crippen LogP contribution in [0.3, 0.4) is 0 Å². The number of aliphatic hydroxyl groups excluding tert-OH is 1. The quantitative estimate of drug-likeness (QED) is 0.633. The highest BCUT2D eigenvalue weighted by atomic mass is 16.5. The van der Waals surface area contributed by atoms with Crippen molar-refractivity contribution < 1.29 is 19.4 Å². The Morgan fingerprint density at radius 2 is 2.07 bits per heavy atom. The van der Waals surface area contributed by atoms with Crippen LogP contribution in [0.25, 0.3) is 6.08 Å². The Kier molecular flexibility index (Phi) is 7.30. The first kappa shape index (κ1) is 20.9. The minimum Gasteiger partial charge on any atom is -0.490 e. The normalized spacial score (nSPS) is 21.4. The first-order valence-corrected chi connectivity index (χ1v) is 10.1. The monoisotopic (exact) mass is 399 g/mol. The zero-order valence-electron chi connectivity index (χ0n) is 17.0. The lowest BCUT2D eigenvalue weighted by atomic mass is 10.1. The molecule has 29 heavy (non-hydrogen) atoms. The molecule has 1 amide bonds. The molecule has 1 saturated carbocycles. The van der Waals surface area contributed by atoms with Crippen molar-refractivity contribution in [3.8, 4) is 11.5 Å². The fraction of sp³-hybridized carbons (Fsp3) is 0.455. The Bertz CT molecular complexity index is 819. The summed E-state index contributed by atoms with van der Waals surface area (Å²) in [6.45, 7) is 5.73. The van der Waals surface area contributed by atoms with Crippen LogP contribution in [0.2, 0.25) is 0 Å². The van der Waals surface area contributed by atoms with Gasteiger partial charge in [0.2, 0.25) is 5.91 Å². The van der Waals surface area contributed by atoms with Gasteiger partial charge in [-0.25, -0.2) is 4.98 Å². The molecule has 1 aromatic heterocycles. The van der Waals surface area contributed by atoms with E-state index in [1.54, 1.807) is 18.6 Å². The van der Waals surface area contributed by atoms with E-state index in [0.717, 1.165) is 18.5 Å². The summed E-state index contributed by atoms with van der Waals surface area (Å²) in [6, 6.07) is 5.33. The van der Waals surface area contributed by atoms with Crippen LogP contribution in [0.5, 0.6) is 11.5 Å². The molecular formula is C22H29N3O4.